The van der Waals surface area contributed by atoms with Gasteiger partial charge in [0.2, 0.25) is 11.8 Å². The third kappa shape index (κ3) is 3.51. The molecule has 2 heterocycles. The molecule has 0 spiro atoms. The van der Waals surface area contributed by atoms with Crippen LogP contribution >= 0.6 is 11.5 Å². The predicted molar refractivity (Wildman–Crippen MR) is 93.8 cm³/mol. The summed E-state index contributed by atoms with van der Waals surface area (Å²) in [5, 5.41) is 0.738. The van der Waals surface area contributed by atoms with E-state index in [0.717, 1.165) is 10.1 Å². The number of hydrogen-bond donors (Lipinski definition) is 1. The molecule has 1 aliphatic rings. The molecule has 0 radical (unpaired) electrons. The molecule has 1 fully saturated rings. The predicted octanol–water partition coefficient (Wildman–Crippen LogP) is 1.57. The number of rotatable bonds is 5. The largest absolute Gasteiger partial charge is 0.369 e. The number of primary amides is 1. The van der Waals surface area contributed by atoms with Crippen LogP contribution in [-0.4, -0.2) is 33.8 Å². The van der Waals surface area contributed by atoms with E-state index in [0.29, 0.717) is 45.3 Å². The Morgan fingerprint density at radius 1 is 1.21 bits per heavy atom. The summed E-state index contributed by atoms with van der Waals surface area (Å²) in [5.41, 5.74) is 5.32. The molecule has 1 aromatic heterocycles. The Hall–Kier alpha value is -2.15. The van der Waals surface area contributed by atoms with Gasteiger partial charge in [0.25, 0.3) is 5.56 Å². The van der Waals surface area contributed by atoms with Crippen LogP contribution in [-0.2, 0) is 16.1 Å². The number of piperidine rings is 1. The molecule has 2 N–H and O–H groups in total. The third-order valence-electron chi connectivity index (χ3n) is 4.55. The van der Waals surface area contributed by atoms with Crippen LogP contribution in [0, 0.1) is 5.92 Å². The van der Waals surface area contributed by atoms with Gasteiger partial charge in [-0.3, -0.25) is 18.3 Å². The van der Waals surface area contributed by atoms with Crippen LogP contribution in [0.25, 0.3) is 10.1 Å². The first-order valence-electron chi connectivity index (χ1n) is 8.22. The van der Waals surface area contributed by atoms with E-state index >= 15 is 0 Å². The molecular formula is C17H21N3O3S. The second kappa shape index (κ2) is 7.17. The zero-order valence-electron chi connectivity index (χ0n) is 13.4. The number of amides is 2. The number of aromatic nitrogens is 1. The first-order chi connectivity index (χ1) is 11.6. The molecule has 24 heavy (non-hydrogen) atoms. The molecule has 3 rings (SSSR count). The molecule has 0 unspecified atom stereocenters. The van der Waals surface area contributed by atoms with E-state index in [1.54, 1.807) is 8.86 Å². The van der Waals surface area contributed by atoms with Crippen molar-refractivity contribution in [1.29, 1.82) is 0 Å². The molecule has 1 saturated heterocycles. The lowest BCUT2D eigenvalue weighted by atomic mass is 9.96. The molecule has 6 nitrogen and oxygen atoms in total. The number of hydrogen-bond acceptors (Lipinski definition) is 4. The van der Waals surface area contributed by atoms with Gasteiger partial charge >= 0.3 is 0 Å². The van der Waals surface area contributed by atoms with Gasteiger partial charge in [-0.2, -0.15) is 0 Å². The van der Waals surface area contributed by atoms with Gasteiger partial charge in [0, 0.05) is 32.0 Å². The second-order valence-electron chi connectivity index (χ2n) is 6.16. The molecule has 0 aliphatic carbocycles. The van der Waals surface area contributed by atoms with E-state index in [4.69, 9.17) is 5.73 Å². The van der Waals surface area contributed by atoms with Crippen molar-refractivity contribution >= 4 is 33.4 Å². The molecular weight excluding hydrogens is 326 g/mol. The van der Waals surface area contributed by atoms with Crippen LogP contribution < -0.4 is 11.3 Å². The molecule has 0 saturated carbocycles. The van der Waals surface area contributed by atoms with Crippen molar-refractivity contribution in [2.24, 2.45) is 11.7 Å². The summed E-state index contributed by atoms with van der Waals surface area (Å²) >= 11 is 1.44. The van der Waals surface area contributed by atoms with Gasteiger partial charge in [-0.25, -0.2) is 0 Å². The van der Waals surface area contributed by atoms with Gasteiger partial charge in [0.15, 0.2) is 0 Å². The number of likely N-dealkylation sites (tertiary alicyclic amines) is 1. The van der Waals surface area contributed by atoms with Crippen molar-refractivity contribution < 1.29 is 9.59 Å². The first-order valence-corrected chi connectivity index (χ1v) is 8.99. The molecule has 2 amide bonds. The fourth-order valence-corrected chi connectivity index (χ4v) is 4.14. The minimum atomic E-state index is -0.272. The zero-order chi connectivity index (χ0) is 17.1. The van der Waals surface area contributed by atoms with Crippen molar-refractivity contribution in [2.75, 3.05) is 13.1 Å². The Balaban J connectivity index is 1.51. The van der Waals surface area contributed by atoms with Crippen molar-refractivity contribution in [2.45, 2.75) is 32.2 Å². The molecule has 0 bridgehead atoms. The van der Waals surface area contributed by atoms with Crippen LogP contribution in [0.2, 0.25) is 0 Å². The lowest BCUT2D eigenvalue weighted by Gasteiger charge is -2.30. The zero-order valence-corrected chi connectivity index (χ0v) is 14.3. The number of fused-ring (bicyclic) bond motifs is 1. The van der Waals surface area contributed by atoms with E-state index in [9.17, 15) is 14.4 Å². The van der Waals surface area contributed by atoms with E-state index in [-0.39, 0.29) is 23.3 Å². The van der Waals surface area contributed by atoms with Crippen LogP contribution in [0.1, 0.15) is 25.7 Å². The fourth-order valence-electron chi connectivity index (χ4n) is 3.11. The van der Waals surface area contributed by atoms with Gasteiger partial charge in [-0.15, -0.1) is 0 Å². The van der Waals surface area contributed by atoms with E-state index in [1.165, 1.54) is 11.5 Å². The highest BCUT2D eigenvalue weighted by molar-refractivity contribution is 7.13. The molecule has 1 aromatic carbocycles. The molecule has 128 valence electrons. The van der Waals surface area contributed by atoms with Crippen molar-refractivity contribution in [3.63, 3.8) is 0 Å². The van der Waals surface area contributed by atoms with Gasteiger partial charge in [0.1, 0.15) is 0 Å². The average Bonchev–Trinajstić information content (AvgIpc) is 2.91. The van der Waals surface area contributed by atoms with Crippen LogP contribution in [0.5, 0.6) is 0 Å². The third-order valence-corrected chi connectivity index (χ3v) is 5.68. The maximum Gasteiger partial charge on any atom is 0.268 e. The first kappa shape index (κ1) is 16.7. The average molecular weight is 347 g/mol. The van der Waals surface area contributed by atoms with E-state index in [1.807, 2.05) is 24.3 Å². The molecule has 1 aliphatic heterocycles. The summed E-state index contributed by atoms with van der Waals surface area (Å²) in [4.78, 5) is 37.4. The number of benzene rings is 1. The molecule has 7 heteroatoms. The highest BCUT2D eigenvalue weighted by Crippen LogP contribution is 2.19. The van der Waals surface area contributed by atoms with Gasteiger partial charge in [0.05, 0.1) is 10.1 Å². The van der Waals surface area contributed by atoms with Crippen LogP contribution in [0.4, 0.5) is 0 Å². The number of nitrogens with zero attached hydrogens (tertiary/aromatic N) is 2. The number of carbonyl (C=O) groups excluding carboxylic acids is 2. The highest BCUT2D eigenvalue weighted by Gasteiger charge is 2.25. The summed E-state index contributed by atoms with van der Waals surface area (Å²) < 4.78 is 2.69. The summed E-state index contributed by atoms with van der Waals surface area (Å²) in [5.74, 6) is -0.288. The number of aryl methyl sites for hydroxylation is 1. The lowest BCUT2D eigenvalue weighted by Crippen LogP contribution is -2.41. The SMILES string of the molecule is NC(=O)C1CCN(C(=O)CCCn2sc3ccccc3c2=O)CC1. The normalized spacial score (nSPS) is 15.8. The van der Waals surface area contributed by atoms with Gasteiger partial charge in [-0.1, -0.05) is 23.7 Å². The van der Waals surface area contributed by atoms with Crippen molar-refractivity contribution in [1.82, 2.24) is 8.86 Å². The highest BCUT2D eigenvalue weighted by atomic mass is 32.1. The smallest absolute Gasteiger partial charge is 0.268 e. The van der Waals surface area contributed by atoms with Gasteiger partial charge < -0.3 is 10.6 Å². The standard InChI is InChI=1S/C17H21N3O3S/c18-16(22)12-7-10-19(11-8-12)15(21)6-3-9-20-17(23)13-4-1-2-5-14(13)24-20/h1-2,4-5,12H,3,6-11H2,(H2,18,22). The van der Waals surface area contributed by atoms with E-state index < -0.39 is 0 Å². The Labute approximate surface area is 144 Å². The summed E-state index contributed by atoms with van der Waals surface area (Å²) in [6, 6.07) is 7.55. The molecule has 2 aromatic rings. The Morgan fingerprint density at radius 3 is 2.58 bits per heavy atom. The van der Waals surface area contributed by atoms with E-state index in [2.05, 4.69) is 0 Å². The van der Waals surface area contributed by atoms with Crippen LogP contribution in [0.3, 0.4) is 0 Å². The summed E-state index contributed by atoms with van der Waals surface area (Å²) in [6.07, 6.45) is 2.36. The van der Waals surface area contributed by atoms with Crippen molar-refractivity contribution in [3.8, 4) is 0 Å². The Kier molecular flexibility index (Phi) is 4.99. The second-order valence-corrected chi connectivity index (χ2v) is 7.22. The van der Waals surface area contributed by atoms with Gasteiger partial charge in [-0.05, 0) is 31.4 Å². The quantitative estimate of drug-likeness (QED) is 0.891. The number of carbonyl (C=O) groups is 2. The minimum absolute atomic E-state index is 0.0188. The topological polar surface area (TPSA) is 85.4 Å². The lowest BCUT2D eigenvalue weighted by molar-refractivity contribution is -0.135. The summed E-state index contributed by atoms with van der Waals surface area (Å²) in [6.45, 7) is 1.74. The Bertz CT molecular complexity index is 803. The van der Waals surface area contributed by atoms with Crippen molar-refractivity contribution in [3.05, 3.63) is 34.6 Å². The summed E-state index contributed by atoms with van der Waals surface area (Å²) in [7, 11) is 0. The minimum Gasteiger partial charge on any atom is -0.369 e. The fraction of sp³-hybridized carbons (Fsp3) is 0.471. The maximum absolute atomic E-state index is 12.2. The Morgan fingerprint density at radius 2 is 1.92 bits per heavy atom. The van der Waals surface area contributed by atoms with Crippen LogP contribution in [0.15, 0.2) is 29.1 Å². The number of nitrogens with two attached hydrogens (primary N) is 1. The monoisotopic (exact) mass is 347 g/mol. The molecule has 0 atom stereocenters. The maximum atomic E-state index is 12.2.